The number of likely N-dealkylation sites (N-methyl/N-ethyl adjacent to an activating group) is 1. The van der Waals surface area contributed by atoms with Gasteiger partial charge in [0.15, 0.2) is 0 Å². The maximum Gasteiger partial charge on any atom is 0.0632 e. The first-order valence-electron chi connectivity index (χ1n) is 4.91. The van der Waals surface area contributed by atoms with Gasteiger partial charge in [-0.3, -0.25) is 0 Å². The van der Waals surface area contributed by atoms with E-state index in [1.807, 2.05) is 37.1 Å². The smallest absolute Gasteiger partial charge is 0.0632 e. The van der Waals surface area contributed by atoms with Crippen molar-refractivity contribution in [2.75, 3.05) is 18.6 Å². The Labute approximate surface area is 99.0 Å². The van der Waals surface area contributed by atoms with Crippen LogP contribution in [0.3, 0.4) is 0 Å². The molecule has 0 fully saturated rings. The highest BCUT2D eigenvalue weighted by molar-refractivity contribution is 9.10. The van der Waals surface area contributed by atoms with Gasteiger partial charge in [0.1, 0.15) is 0 Å². The summed E-state index contributed by atoms with van der Waals surface area (Å²) in [7, 11) is 1.96. The highest BCUT2D eigenvalue weighted by atomic mass is 79.9. The predicted molar refractivity (Wildman–Crippen MR) is 67.0 cm³/mol. The Balaban J connectivity index is 2.97. The fourth-order valence-corrected chi connectivity index (χ4v) is 1.86. The molecule has 1 atom stereocenters. The number of anilines is 1. The molecular weight excluding hydrogens is 256 g/mol. The molecule has 0 saturated carbocycles. The van der Waals surface area contributed by atoms with Crippen LogP contribution >= 0.6 is 15.9 Å². The van der Waals surface area contributed by atoms with Crippen LogP contribution in [0.2, 0.25) is 0 Å². The summed E-state index contributed by atoms with van der Waals surface area (Å²) in [6.45, 7) is 2.64. The van der Waals surface area contributed by atoms with Crippen LogP contribution in [-0.4, -0.2) is 24.8 Å². The molecule has 1 aromatic carbocycles. The standard InChI is InChI=1S/C11H17BrN2O/c1-8(7-15)14(2)11-4-9(6-13)3-10(12)5-11/h3-5,8,15H,6-7,13H2,1-2H3. The number of nitrogens with two attached hydrogens (primary N) is 1. The van der Waals surface area contributed by atoms with Crippen LogP contribution in [0.1, 0.15) is 12.5 Å². The Bertz CT molecular complexity index is 330. The van der Waals surface area contributed by atoms with Crippen LogP contribution in [0.15, 0.2) is 22.7 Å². The second-order valence-electron chi connectivity index (χ2n) is 3.66. The van der Waals surface area contributed by atoms with Crippen LogP contribution in [0.4, 0.5) is 5.69 Å². The fraction of sp³-hybridized carbons (Fsp3) is 0.455. The monoisotopic (exact) mass is 272 g/mol. The quantitative estimate of drug-likeness (QED) is 0.878. The van der Waals surface area contributed by atoms with Gasteiger partial charge < -0.3 is 15.7 Å². The second kappa shape index (κ2) is 5.49. The molecule has 1 rings (SSSR count). The zero-order valence-electron chi connectivity index (χ0n) is 9.07. The van der Waals surface area contributed by atoms with E-state index >= 15 is 0 Å². The maximum atomic E-state index is 9.08. The van der Waals surface area contributed by atoms with Gasteiger partial charge in [-0.25, -0.2) is 0 Å². The minimum Gasteiger partial charge on any atom is -0.394 e. The van der Waals surface area contributed by atoms with Crippen LogP contribution in [0, 0.1) is 0 Å². The summed E-state index contributed by atoms with van der Waals surface area (Å²) in [6.07, 6.45) is 0. The number of nitrogens with zero attached hydrogens (tertiary/aromatic N) is 1. The van der Waals surface area contributed by atoms with Crippen LogP contribution in [0.25, 0.3) is 0 Å². The highest BCUT2D eigenvalue weighted by Gasteiger charge is 2.09. The topological polar surface area (TPSA) is 49.5 Å². The zero-order chi connectivity index (χ0) is 11.4. The summed E-state index contributed by atoms with van der Waals surface area (Å²) < 4.78 is 1.01. The molecule has 0 aromatic heterocycles. The molecule has 15 heavy (non-hydrogen) atoms. The molecule has 3 N–H and O–H groups in total. The van der Waals surface area contributed by atoms with Crippen LogP contribution in [-0.2, 0) is 6.54 Å². The molecular formula is C11H17BrN2O. The molecule has 3 nitrogen and oxygen atoms in total. The summed E-state index contributed by atoms with van der Waals surface area (Å²) in [6, 6.07) is 6.16. The van der Waals surface area contributed by atoms with Gasteiger partial charge in [-0.05, 0) is 30.7 Å². The van der Waals surface area contributed by atoms with Gasteiger partial charge in [0.2, 0.25) is 0 Å². The van der Waals surface area contributed by atoms with Crippen molar-refractivity contribution in [2.45, 2.75) is 19.5 Å². The normalized spacial score (nSPS) is 12.6. The third-order valence-corrected chi connectivity index (χ3v) is 2.97. The summed E-state index contributed by atoms with van der Waals surface area (Å²) in [5, 5.41) is 9.08. The summed E-state index contributed by atoms with van der Waals surface area (Å²) >= 11 is 3.45. The molecule has 1 aromatic rings. The van der Waals surface area contributed by atoms with Crippen molar-refractivity contribution in [1.29, 1.82) is 0 Å². The Hall–Kier alpha value is -0.580. The SMILES string of the molecule is CC(CO)N(C)c1cc(Br)cc(CN)c1. The van der Waals surface area contributed by atoms with E-state index in [4.69, 9.17) is 10.8 Å². The van der Waals surface area contributed by atoms with E-state index in [0.29, 0.717) is 6.54 Å². The average Bonchev–Trinajstić information content (AvgIpc) is 2.26. The first-order valence-corrected chi connectivity index (χ1v) is 5.71. The van der Waals surface area contributed by atoms with Gasteiger partial charge in [-0.2, -0.15) is 0 Å². The van der Waals surface area contributed by atoms with Gasteiger partial charge in [0, 0.05) is 29.8 Å². The summed E-state index contributed by atoms with van der Waals surface area (Å²) in [5.41, 5.74) is 7.75. The molecule has 0 radical (unpaired) electrons. The molecule has 0 aliphatic heterocycles. The summed E-state index contributed by atoms with van der Waals surface area (Å²) in [4.78, 5) is 2.03. The van der Waals surface area contributed by atoms with Gasteiger partial charge in [0.25, 0.3) is 0 Å². The lowest BCUT2D eigenvalue weighted by atomic mass is 10.1. The van der Waals surface area contributed by atoms with Crippen LogP contribution < -0.4 is 10.6 Å². The van der Waals surface area contributed by atoms with E-state index in [9.17, 15) is 0 Å². The van der Waals surface area contributed by atoms with Crippen molar-refractivity contribution in [3.05, 3.63) is 28.2 Å². The minimum atomic E-state index is 0.102. The second-order valence-corrected chi connectivity index (χ2v) is 4.58. The largest absolute Gasteiger partial charge is 0.394 e. The minimum absolute atomic E-state index is 0.102. The number of rotatable bonds is 4. The van der Waals surface area contributed by atoms with E-state index in [0.717, 1.165) is 15.7 Å². The van der Waals surface area contributed by atoms with E-state index in [1.54, 1.807) is 0 Å². The van der Waals surface area contributed by atoms with E-state index in [2.05, 4.69) is 15.9 Å². The van der Waals surface area contributed by atoms with Crippen molar-refractivity contribution in [3.63, 3.8) is 0 Å². The maximum absolute atomic E-state index is 9.08. The molecule has 1 unspecified atom stereocenters. The lowest BCUT2D eigenvalue weighted by Crippen LogP contribution is -2.31. The van der Waals surface area contributed by atoms with Crippen LogP contribution in [0.5, 0.6) is 0 Å². The molecule has 0 aliphatic carbocycles. The van der Waals surface area contributed by atoms with E-state index in [1.165, 1.54) is 0 Å². The zero-order valence-corrected chi connectivity index (χ0v) is 10.7. The molecule has 0 saturated heterocycles. The fourth-order valence-electron chi connectivity index (χ4n) is 1.33. The van der Waals surface area contributed by atoms with E-state index in [-0.39, 0.29) is 12.6 Å². The van der Waals surface area contributed by atoms with Crippen molar-refractivity contribution >= 4 is 21.6 Å². The lowest BCUT2D eigenvalue weighted by molar-refractivity contribution is 0.270. The van der Waals surface area contributed by atoms with Crippen molar-refractivity contribution in [3.8, 4) is 0 Å². The number of hydrogen-bond donors (Lipinski definition) is 2. The molecule has 0 amide bonds. The van der Waals surface area contributed by atoms with Crippen molar-refractivity contribution < 1.29 is 5.11 Å². The van der Waals surface area contributed by atoms with Gasteiger partial charge in [-0.1, -0.05) is 15.9 Å². The molecule has 0 spiro atoms. The third-order valence-electron chi connectivity index (χ3n) is 2.51. The van der Waals surface area contributed by atoms with Gasteiger partial charge >= 0.3 is 0 Å². The molecule has 0 heterocycles. The number of aliphatic hydroxyl groups is 1. The van der Waals surface area contributed by atoms with E-state index < -0.39 is 0 Å². The number of aliphatic hydroxyl groups excluding tert-OH is 1. The number of benzene rings is 1. The molecule has 4 heteroatoms. The first-order chi connectivity index (χ1) is 7.08. The van der Waals surface area contributed by atoms with Gasteiger partial charge in [-0.15, -0.1) is 0 Å². The Morgan fingerprint density at radius 1 is 1.47 bits per heavy atom. The third kappa shape index (κ3) is 3.19. The summed E-state index contributed by atoms with van der Waals surface area (Å²) in [5.74, 6) is 0. The van der Waals surface area contributed by atoms with Crippen molar-refractivity contribution in [1.82, 2.24) is 0 Å². The van der Waals surface area contributed by atoms with Crippen molar-refractivity contribution in [2.24, 2.45) is 5.73 Å². The number of hydrogen-bond acceptors (Lipinski definition) is 3. The lowest BCUT2D eigenvalue weighted by Gasteiger charge is -2.26. The Morgan fingerprint density at radius 3 is 2.67 bits per heavy atom. The predicted octanol–water partition coefficient (Wildman–Crippen LogP) is 1.72. The average molecular weight is 273 g/mol. The highest BCUT2D eigenvalue weighted by Crippen LogP contribution is 2.23. The molecule has 0 aliphatic rings. The molecule has 84 valence electrons. The number of halogens is 1. The Morgan fingerprint density at radius 2 is 2.13 bits per heavy atom. The van der Waals surface area contributed by atoms with Gasteiger partial charge in [0.05, 0.1) is 6.61 Å². The first kappa shape index (κ1) is 12.5. The molecule has 0 bridgehead atoms. The Kier molecular flexibility index (Phi) is 4.57.